The largest absolute Gasteiger partial charge is 0.418 e. The molecule has 0 unspecified atom stereocenters. The Balaban J connectivity index is 2.35. The van der Waals surface area contributed by atoms with E-state index in [2.05, 4.69) is 20.8 Å². The van der Waals surface area contributed by atoms with Gasteiger partial charge in [-0.15, -0.1) is 0 Å². The van der Waals surface area contributed by atoms with Crippen LogP contribution in [0, 0.1) is 0 Å². The van der Waals surface area contributed by atoms with Crippen LogP contribution in [0.2, 0.25) is 5.02 Å². The quantitative estimate of drug-likeness (QED) is 0.821. The number of hydrogen-bond acceptors (Lipinski definition) is 5. The van der Waals surface area contributed by atoms with Crippen LogP contribution in [0.4, 0.5) is 24.8 Å². The number of carbonyl (C=O) groups excluding carboxylic acids is 1. The predicted molar refractivity (Wildman–Crippen MR) is 67.6 cm³/mol. The van der Waals surface area contributed by atoms with Crippen LogP contribution in [0.15, 0.2) is 12.1 Å². The van der Waals surface area contributed by atoms with E-state index in [9.17, 15) is 18.0 Å². The molecule has 1 amide bonds. The third-order valence-electron chi connectivity index (χ3n) is 2.58. The zero-order chi connectivity index (χ0) is 15.8. The molecule has 0 saturated carbocycles. The lowest BCUT2D eigenvalue weighted by Gasteiger charge is -2.13. The smallest absolute Gasteiger partial charge is 0.397 e. The lowest BCUT2D eigenvalue weighted by Crippen LogP contribution is -2.18. The molecule has 0 aliphatic rings. The second-order valence-corrected chi connectivity index (χ2v) is 4.34. The molecule has 1 aromatic heterocycles. The van der Waals surface area contributed by atoms with Crippen molar-refractivity contribution >= 4 is 29.1 Å². The Kier molecular flexibility index (Phi) is 3.73. The van der Waals surface area contributed by atoms with Gasteiger partial charge in [-0.25, -0.2) is 4.68 Å². The van der Waals surface area contributed by atoms with E-state index in [-0.39, 0.29) is 11.5 Å². The molecule has 2 rings (SSSR count). The normalized spacial score (nSPS) is 11.5. The number of aryl methyl sites for hydroxylation is 1. The molecule has 3 N–H and O–H groups in total. The fraction of sp³-hybridized carbons (Fsp3) is 0.200. The summed E-state index contributed by atoms with van der Waals surface area (Å²) in [5.41, 5.74) is 3.29. The number of benzene rings is 1. The van der Waals surface area contributed by atoms with Crippen molar-refractivity contribution in [1.29, 1.82) is 0 Å². The number of nitrogen functional groups attached to an aromatic ring is 1. The lowest BCUT2D eigenvalue weighted by atomic mass is 10.1. The van der Waals surface area contributed by atoms with Crippen molar-refractivity contribution in [2.75, 3.05) is 11.1 Å². The molecule has 0 saturated heterocycles. The third-order valence-corrected chi connectivity index (χ3v) is 2.98. The fourth-order valence-corrected chi connectivity index (χ4v) is 1.77. The number of nitrogens with one attached hydrogen (secondary N) is 1. The van der Waals surface area contributed by atoms with E-state index in [1.165, 1.54) is 11.7 Å². The van der Waals surface area contributed by atoms with Gasteiger partial charge in [-0.3, -0.25) is 10.1 Å². The van der Waals surface area contributed by atoms with Crippen molar-refractivity contribution in [3.05, 3.63) is 28.3 Å². The van der Waals surface area contributed by atoms with E-state index in [4.69, 9.17) is 17.3 Å². The number of rotatable bonds is 2. The summed E-state index contributed by atoms with van der Waals surface area (Å²) in [7, 11) is 1.47. The number of alkyl halides is 3. The van der Waals surface area contributed by atoms with Gasteiger partial charge in [-0.2, -0.15) is 13.2 Å². The highest BCUT2D eigenvalue weighted by atomic mass is 35.5. The van der Waals surface area contributed by atoms with E-state index in [0.717, 1.165) is 6.07 Å². The predicted octanol–water partition coefficient (Wildman–Crippen LogP) is 1.72. The third kappa shape index (κ3) is 2.89. The first-order chi connectivity index (χ1) is 9.71. The van der Waals surface area contributed by atoms with E-state index in [0.29, 0.717) is 6.07 Å². The Morgan fingerprint density at radius 3 is 2.62 bits per heavy atom. The van der Waals surface area contributed by atoms with Gasteiger partial charge in [0, 0.05) is 7.05 Å². The average Bonchev–Trinajstić information content (AvgIpc) is 2.76. The number of amides is 1. The minimum absolute atomic E-state index is 0.00883. The number of carbonyl (C=O) groups is 1. The molecule has 0 aliphatic heterocycles. The Hall–Kier alpha value is -2.36. The van der Waals surface area contributed by atoms with Crippen LogP contribution >= 0.6 is 11.6 Å². The maximum absolute atomic E-state index is 12.7. The van der Waals surface area contributed by atoms with Crippen LogP contribution in [0.25, 0.3) is 0 Å². The summed E-state index contributed by atoms with van der Waals surface area (Å²) >= 11 is 5.73. The van der Waals surface area contributed by atoms with Crippen molar-refractivity contribution in [3.8, 4) is 0 Å². The van der Waals surface area contributed by atoms with E-state index in [1.807, 2.05) is 0 Å². The van der Waals surface area contributed by atoms with Gasteiger partial charge in [-0.05, 0) is 22.6 Å². The lowest BCUT2D eigenvalue weighted by molar-refractivity contribution is -0.136. The van der Waals surface area contributed by atoms with Crippen LogP contribution in [-0.2, 0) is 13.2 Å². The van der Waals surface area contributed by atoms with Gasteiger partial charge in [0.2, 0.25) is 5.95 Å². The molecular weight excluding hydrogens is 313 g/mol. The average molecular weight is 321 g/mol. The summed E-state index contributed by atoms with van der Waals surface area (Å²) in [5.74, 6) is -0.770. The monoisotopic (exact) mass is 320 g/mol. The van der Waals surface area contributed by atoms with E-state index < -0.39 is 28.4 Å². The zero-order valence-electron chi connectivity index (χ0n) is 10.4. The highest BCUT2D eigenvalue weighted by Gasteiger charge is 2.34. The molecule has 11 heteroatoms. The van der Waals surface area contributed by atoms with Gasteiger partial charge in [0.05, 0.1) is 21.8 Å². The van der Waals surface area contributed by atoms with Gasteiger partial charge in [0.25, 0.3) is 5.91 Å². The first-order valence-corrected chi connectivity index (χ1v) is 5.78. The first kappa shape index (κ1) is 15.0. The summed E-state index contributed by atoms with van der Waals surface area (Å²) in [6, 6.07) is 1.62. The molecule has 7 nitrogen and oxygen atoms in total. The Morgan fingerprint density at radius 1 is 1.43 bits per heavy atom. The van der Waals surface area contributed by atoms with Crippen molar-refractivity contribution in [2.24, 2.45) is 7.05 Å². The second kappa shape index (κ2) is 5.20. The topological polar surface area (TPSA) is 98.7 Å². The molecule has 1 aromatic carbocycles. The van der Waals surface area contributed by atoms with Crippen molar-refractivity contribution in [2.45, 2.75) is 6.18 Å². The highest BCUT2D eigenvalue weighted by Crippen LogP contribution is 2.38. The summed E-state index contributed by atoms with van der Waals surface area (Å²) < 4.78 is 39.1. The second-order valence-electron chi connectivity index (χ2n) is 3.97. The van der Waals surface area contributed by atoms with Crippen LogP contribution in [-0.4, -0.2) is 26.1 Å². The Labute approximate surface area is 120 Å². The maximum atomic E-state index is 12.7. The molecule has 0 spiro atoms. The minimum Gasteiger partial charge on any atom is -0.397 e. The summed E-state index contributed by atoms with van der Waals surface area (Å²) in [6.45, 7) is 0. The van der Waals surface area contributed by atoms with Gasteiger partial charge >= 0.3 is 6.18 Å². The molecule has 0 aliphatic carbocycles. The van der Waals surface area contributed by atoms with E-state index >= 15 is 0 Å². The summed E-state index contributed by atoms with van der Waals surface area (Å²) in [4.78, 5) is 12.0. The maximum Gasteiger partial charge on any atom is 0.418 e. The minimum atomic E-state index is -4.66. The number of halogens is 4. The molecule has 0 bridgehead atoms. The SMILES string of the molecule is Cn1nnnc1NC(=O)c1ccc(C(F)(F)F)c(N)c1Cl. The molecule has 1 heterocycles. The molecule has 2 aromatic rings. The van der Waals surface area contributed by atoms with Crippen LogP contribution in [0.5, 0.6) is 0 Å². The highest BCUT2D eigenvalue weighted by molar-refractivity contribution is 6.37. The number of hydrogen-bond donors (Lipinski definition) is 2. The summed E-state index contributed by atoms with van der Waals surface area (Å²) in [5, 5.41) is 12.1. The molecule has 0 fully saturated rings. The number of aromatic nitrogens is 4. The molecule has 112 valence electrons. The number of nitrogens with two attached hydrogens (primary N) is 1. The van der Waals surface area contributed by atoms with Crippen LogP contribution in [0.1, 0.15) is 15.9 Å². The number of anilines is 2. The number of tetrazole rings is 1. The van der Waals surface area contributed by atoms with Gasteiger partial charge in [-0.1, -0.05) is 16.7 Å². The van der Waals surface area contributed by atoms with Crippen molar-refractivity contribution in [1.82, 2.24) is 20.2 Å². The van der Waals surface area contributed by atoms with Crippen molar-refractivity contribution < 1.29 is 18.0 Å². The summed E-state index contributed by atoms with van der Waals surface area (Å²) in [6.07, 6.45) is -4.66. The van der Waals surface area contributed by atoms with E-state index in [1.54, 1.807) is 0 Å². The fourth-order valence-electron chi connectivity index (χ4n) is 1.52. The van der Waals surface area contributed by atoms with Crippen LogP contribution in [0.3, 0.4) is 0 Å². The Bertz CT molecular complexity index is 699. The molecule has 0 radical (unpaired) electrons. The van der Waals surface area contributed by atoms with Gasteiger partial charge in [0.15, 0.2) is 0 Å². The molecular formula is C10H8ClF3N6O. The van der Waals surface area contributed by atoms with Gasteiger partial charge < -0.3 is 5.73 Å². The molecule has 21 heavy (non-hydrogen) atoms. The first-order valence-electron chi connectivity index (χ1n) is 5.40. The van der Waals surface area contributed by atoms with Crippen LogP contribution < -0.4 is 11.1 Å². The number of nitrogens with zero attached hydrogens (tertiary/aromatic N) is 4. The zero-order valence-corrected chi connectivity index (χ0v) is 11.2. The Morgan fingerprint density at radius 2 is 2.10 bits per heavy atom. The standard InChI is InChI=1S/C10H8ClF3N6O/c1-20-9(17-18-19-20)16-8(21)4-2-3-5(10(12,13)14)7(15)6(4)11/h2-3H,15H2,1H3,(H,16,17,19,21). The molecule has 0 atom stereocenters. The van der Waals surface area contributed by atoms with Crippen molar-refractivity contribution in [3.63, 3.8) is 0 Å². The van der Waals surface area contributed by atoms with Gasteiger partial charge in [0.1, 0.15) is 0 Å².